The number of carbonyl (C=O) groups excluding carboxylic acids is 1. The third-order valence-corrected chi connectivity index (χ3v) is 6.82. The monoisotopic (exact) mass is 588 g/mol. The molecule has 1 aliphatic rings. The van der Waals surface area contributed by atoms with E-state index in [1.54, 1.807) is 12.4 Å². The molecular formula is C26H29IN4O4. The molecule has 0 spiro atoms. The smallest absolute Gasteiger partial charge is 0.420 e. The minimum absolute atomic E-state index is 0.0143. The van der Waals surface area contributed by atoms with Crippen LogP contribution in [0.4, 0.5) is 4.79 Å². The molecule has 1 saturated heterocycles. The lowest BCUT2D eigenvalue weighted by Crippen LogP contribution is -2.26. The first-order valence-electron chi connectivity index (χ1n) is 11.9. The van der Waals surface area contributed by atoms with E-state index in [1.807, 2.05) is 62.7 Å². The summed E-state index contributed by atoms with van der Waals surface area (Å²) in [7, 11) is 0. The largest absolute Gasteiger partial charge is 0.486 e. The van der Waals surface area contributed by atoms with Crippen molar-refractivity contribution in [2.24, 2.45) is 0 Å². The lowest BCUT2D eigenvalue weighted by Gasteiger charge is -2.23. The Morgan fingerprint density at radius 2 is 2.03 bits per heavy atom. The first-order valence-corrected chi connectivity index (χ1v) is 12.9. The SMILES string of the molecule is C[C@@H](Oc1ccc2c(c1)c(I)nn2C1CCCCO1)c1ccnc2c1ccn2C(=O)OC(C)(C)C. The first kappa shape index (κ1) is 24.1. The Labute approximate surface area is 217 Å². The topological polar surface area (TPSA) is 80.4 Å². The number of halogens is 1. The Hall–Kier alpha value is -2.66. The van der Waals surface area contributed by atoms with E-state index in [-0.39, 0.29) is 12.3 Å². The van der Waals surface area contributed by atoms with Gasteiger partial charge in [-0.25, -0.2) is 19.0 Å². The summed E-state index contributed by atoms with van der Waals surface area (Å²) >= 11 is 2.27. The van der Waals surface area contributed by atoms with E-state index >= 15 is 0 Å². The van der Waals surface area contributed by atoms with Gasteiger partial charge < -0.3 is 14.2 Å². The number of hydrogen-bond donors (Lipinski definition) is 0. The summed E-state index contributed by atoms with van der Waals surface area (Å²) < 4.78 is 22.2. The summed E-state index contributed by atoms with van der Waals surface area (Å²) in [6.45, 7) is 8.30. The van der Waals surface area contributed by atoms with Gasteiger partial charge in [0.2, 0.25) is 0 Å². The molecule has 1 fully saturated rings. The molecule has 0 radical (unpaired) electrons. The molecule has 4 heterocycles. The zero-order chi connectivity index (χ0) is 24.7. The fraction of sp³-hybridized carbons (Fsp3) is 0.423. The van der Waals surface area contributed by atoms with Gasteiger partial charge in [0.05, 0.1) is 5.52 Å². The van der Waals surface area contributed by atoms with E-state index in [0.29, 0.717) is 5.65 Å². The maximum Gasteiger partial charge on any atom is 0.420 e. The Kier molecular flexibility index (Phi) is 6.47. The molecule has 0 N–H and O–H groups in total. The van der Waals surface area contributed by atoms with Crippen molar-refractivity contribution in [1.82, 2.24) is 19.3 Å². The van der Waals surface area contributed by atoms with Crippen molar-refractivity contribution in [2.75, 3.05) is 6.61 Å². The molecule has 35 heavy (non-hydrogen) atoms. The Morgan fingerprint density at radius 3 is 2.77 bits per heavy atom. The number of pyridine rings is 1. The van der Waals surface area contributed by atoms with Crippen LogP contribution in [0.5, 0.6) is 5.75 Å². The average Bonchev–Trinajstić information content (AvgIpc) is 3.40. The molecule has 184 valence electrons. The standard InChI is InChI=1S/C26H29IN4O4/c1-16(18-10-12-28-24-19(18)11-13-30(24)25(32)35-26(2,3)4)34-17-8-9-21-20(15-17)23(27)29-31(21)22-7-5-6-14-33-22/h8-13,15-16,22H,5-7,14H2,1-4H3/t16-,22?/m1/s1. The molecule has 4 aromatic rings. The zero-order valence-electron chi connectivity index (χ0n) is 20.3. The molecule has 5 rings (SSSR count). The van der Waals surface area contributed by atoms with Crippen LogP contribution in [0.3, 0.4) is 0 Å². The fourth-order valence-corrected chi connectivity index (χ4v) is 5.10. The molecule has 0 amide bonds. The number of fused-ring (bicyclic) bond motifs is 2. The van der Waals surface area contributed by atoms with E-state index < -0.39 is 11.7 Å². The number of rotatable bonds is 4. The van der Waals surface area contributed by atoms with Gasteiger partial charge in [-0.1, -0.05) is 0 Å². The van der Waals surface area contributed by atoms with E-state index in [9.17, 15) is 4.79 Å². The van der Waals surface area contributed by atoms with Gasteiger partial charge in [-0.3, -0.25) is 0 Å². The molecular weight excluding hydrogens is 559 g/mol. The van der Waals surface area contributed by atoms with Crippen LogP contribution in [0.15, 0.2) is 42.7 Å². The van der Waals surface area contributed by atoms with Gasteiger partial charge in [0, 0.05) is 35.3 Å². The molecule has 2 atom stereocenters. The fourth-order valence-electron chi connectivity index (χ4n) is 4.43. The second-order valence-corrected chi connectivity index (χ2v) is 10.8. The van der Waals surface area contributed by atoms with Crippen LogP contribution in [0.1, 0.15) is 64.9 Å². The third-order valence-electron chi connectivity index (χ3n) is 6.02. The molecule has 3 aromatic heterocycles. The molecule has 9 heteroatoms. The van der Waals surface area contributed by atoms with Crippen LogP contribution >= 0.6 is 22.6 Å². The molecule has 1 unspecified atom stereocenters. The van der Waals surface area contributed by atoms with Crippen molar-refractivity contribution >= 4 is 50.6 Å². The predicted molar refractivity (Wildman–Crippen MR) is 142 cm³/mol. The van der Waals surface area contributed by atoms with Crippen molar-refractivity contribution in [3.05, 3.63) is 52.0 Å². The number of carbonyl (C=O) groups is 1. The highest BCUT2D eigenvalue weighted by Crippen LogP contribution is 2.33. The second kappa shape index (κ2) is 9.42. The number of nitrogens with zero attached hydrogens (tertiary/aromatic N) is 4. The van der Waals surface area contributed by atoms with Gasteiger partial charge in [0.15, 0.2) is 6.23 Å². The van der Waals surface area contributed by atoms with Gasteiger partial charge in [0.1, 0.15) is 26.8 Å². The molecule has 1 aliphatic heterocycles. The molecule has 1 aromatic carbocycles. The summed E-state index contributed by atoms with van der Waals surface area (Å²) in [6, 6.07) is 9.85. The lowest BCUT2D eigenvalue weighted by atomic mass is 10.1. The average molecular weight is 588 g/mol. The summed E-state index contributed by atoms with van der Waals surface area (Å²) in [4.78, 5) is 17.1. The van der Waals surface area contributed by atoms with Gasteiger partial charge >= 0.3 is 6.09 Å². The quantitative estimate of drug-likeness (QED) is 0.250. The second-order valence-electron chi connectivity index (χ2n) is 9.80. The highest BCUT2D eigenvalue weighted by Gasteiger charge is 2.23. The molecule has 8 nitrogen and oxygen atoms in total. The lowest BCUT2D eigenvalue weighted by molar-refractivity contribution is -0.0368. The number of benzene rings is 1. The number of aromatic nitrogens is 4. The van der Waals surface area contributed by atoms with Crippen LogP contribution in [0.2, 0.25) is 0 Å². The van der Waals surface area contributed by atoms with Crippen LogP contribution in [-0.2, 0) is 9.47 Å². The van der Waals surface area contributed by atoms with Crippen molar-refractivity contribution < 1.29 is 19.0 Å². The molecule has 0 aliphatic carbocycles. The zero-order valence-corrected chi connectivity index (χ0v) is 22.5. The van der Waals surface area contributed by atoms with E-state index in [4.69, 9.17) is 19.3 Å². The van der Waals surface area contributed by atoms with Crippen molar-refractivity contribution in [2.45, 2.75) is 64.9 Å². The predicted octanol–water partition coefficient (Wildman–Crippen LogP) is 6.61. The van der Waals surface area contributed by atoms with E-state index in [1.165, 1.54) is 4.57 Å². The van der Waals surface area contributed by atoms with E-state index in [0.717, 1.165) is 57.2 Å². The van der Waals surface area contributed by atoms with Gasteiger partial charge in [-0.15, -0.1) is 0 Å². The first-order chi connectivity index (χ1) is 16.7. The van der Waals surface area contributed by atoms with Crippen LogP contribution in [0, 0.1) is 3.70 Å². The van der Waals surface area contributed by atoms with Crippen LogP contribution < -0.4 is 4.74 Å². The van der Waals surface area contributed by atoms with Crippen LogP contribution in [-0.4, -0.2) is 37.6 Å². The van der Waals surface area contributed by atoms with Crippen molar-refractivity contribution in [3.63, 3.8) is 0 Å². The molecule has 0 bridgehead atoms. The third kappa shape index (κ3) is 4.88. The summed E-state index contributed by atoms with van der Waals surface area (Å²) in [6.07, 6.45) is 5.88. The van der Waals surface area contributed by atoms with Gasteiger partial charge in [-0.05, 0) is 99.9 Å². The number of ether oxygens (including phenoxy) is 3. The van der Waals surface area contributed by atoms with Crippen LogP contribution in [0.25, 0.3) is 21.9 Å². The number of hydrogen-bond acceptors (Lipinski definition) is 6. The maximum atomic E-state index is 12.6. The summed E-state index contributed by atoms with van der Waals surface area (Å²) in [5.41, 5.74) is 1.95. The summed E-state index contributed by atoms with van der Waals surface area (Å²) in [5.74, 6) is 0.753. The van der Waals surface area contributed by atoms with Crippen molar-refractivity contribution in [1.29, 1.82) is 0 Å². The van der Waals surface area contributed by atoms with Crippen molar-refractivity contribution in [3.8, 4) is 5.75 Å². The maximum absolute atomic E-state index is 12.6. The normalized spacial score (nSPS) is 17.6. The minimum Gasteiger partial charge on any atom is -0.486 e. The molecule has 0 saturated carbocycles. The Balaban J connectivity index is 1.41. The van der Waals surface area contributed by atoms with Gasteiger partial charge in [0.25, 0.3) is 0 Å². The minimum atomic E-state index is -0.589. The van der Waals surface area contributed by atoms with Gasteiger partial charge in [-0.2, -0.15) is 5.10 Å². The highest BCUT2D eigenvalue weighted by atomic mass is 127. The Bertz CT molecular complexity index is 1380. The van der Waals surface area contributed by atoms with E-state index in [2.05, 4.69) is 27.6 Å². The highest BCUT2D eigenvalue weighted by molar-refractivity contribution is 14.1. The Morgan fingerprint density at radius 1 is 1.20 bits per heavy atom. The summed E-state index contributed by atoms with van der Waals surface area (Å²) in [5, 5.41) is 6.64.